The predicted octanol–water partition coefficient (Wildman–Crippen LogP) is 3.42. The first-order valence-electron chi connectivity index (χ1n) is 8.28. The van der Waals surface area contributed by atoms with Gasteiger partial charge in [0.15, 0.2) is 0 Å². The number of aldehydes is 1. The molecule has 0 radical (unpaired) electrons. The van der Waals surface area contributed by atoms with Crippen LogP contribution in [0.5, 0.6) is 0 Å². The maximum Gasteiger partial charge on any atom is 0.424 e. The topological polar surface area (TPSA) is 72.6 Å². The van der Waals surface area contributed by atoms with Crippen LogP contribution in [0.15, 0.2) is 0 Å². The van der Waals surface area contributed by atoms with Gasteiger partial charge in [-0.15, -0.1) is 0 Å². The Kier molecular flexibility index (Phi) is 7.72. The van der Waals surface area contributed by atoms with Gasteiger partial charge in [0.05, 0.1) is 0 Å². The van der Waals surface area contributed by atoms with E-state index >= 15 is 0 Å². The van der Waals surface area contributed by atoms with Gasteiger partial charge in [-0.1, -0.05) is 33.1 Å². The van der Waals surface area contributed by atoms with Crippen molar-refractivity contribution in [2.75, 3.05) is 6.54 Å². The average Bonchev–Trinajstić information content (AvgIpc) is 2.53. The van der Waals surface area contributed by atoms with Crippen LogP contribution in [0.1, 0.15) is 71.6 Å². The number of amides is 1. The van der Waals surface area contributed by atoms with Crippen LogP contribution in [-0.4, -0.2) is 29.5 Å². The Hall–Kier alpha value is -1.10. The first-order chi connectivity index (χ1) is 10.1. The molecule has 0 bridgehead atoms. The molecule has 0 heterocycles. The second-order valence-corrected chi connectivity index (χ2v) is 5.98. The van der Waals surface area contributed by atoms with Crippen molar-refractivity contribution in [1.29, 1.82) is 0 Å². The molecule has 1 fully saturated rings. The minimum atomic E-state index is -0.463. The number of carbonyl (C=O) groups is 2. The SMILES string of the molecule is CCC(CC)(OC(=O)N(N)CCCC=O)C1CCCCC1. The number of nitrogens with zero attached hydrogens (tertiary/aromatic N) is 1. The van der Waals surface area contributed by atoms with Crippen LogP contribution in [0.25, 0.3) is 0 Å². The van der Waals surface area contributed by atoms with E-state index in [2.05, 4.69) is 13.8 Å². The zero-order chi connectivity index (χ0) is 15.7. The van der Waals surface area contributed by atoms with E-state index in [1.165, 1.54) is 19.3 Å². The van der Waals surface area contributed by atoms with E-state index < -0.39 is 6.09 Å². The lowest BCUT2D eigenvalue weighted by Gasteiger charge is -2.41. The Morgan fingerprint density at radius 2 is 1.90 bits per heavy atom. The molecule has 0 aliphatic heterocycles. The second kappa shape index (κ2) is 9.03. The molecule has 1 aliphatic carbocycles. The fourth-order valence-electron chi connectivity index (χ4n) is 3.35. The second-order valence-electron chi connectivity index (χ2n) is 5.98. The van der Waals surface area contributed by atoms with Crippen molar-refractivity contribution < 1.29 is 14.3 Å². The fraction of sp³-hybridized carbons (Fsp3) is 0.875. The number of rotatable bonds is 8. The molecule has 0 spiro atoms. The van der Waals surface area contributed by atoms with Gasteiger partial charge < -0.3 is 9.53 Å². The van der Waals surface area contributed by atoms with Crippen LogP contribution in [0.3, 0.4) is 0 Å². The normalized spacial score (nSPS) is 16.5. The van der Waals surface area contributed by atoms with E-state index in [1.807, 2.05) is 0 Å². The Balaban J connectivity index is 2.63. The fourth-order valence-corrected chi connectivity index (χ4v) is 3.35. The number of hydrazine groups is 1. The van der Waals surface area contributed by atoms with E-state index in [9.17, 15) is 9.59 Å². The van der Waals surface area contributed by atoms with Gasteiger partial charge in [0.2, 0.25) is 0 Å². The zero-order valence-corrected chi connectivity index (χ0v) is 13.5. The summed E-state index contributed by atoms with van der Waals surface area (Å²) in [4.78, 5) is 22.5. The van der Waals surface area contributed by atoms with Crippen molar-refractivity contribution in [3.05, 3.63) is 0 Å². The van der Waals surface area contributed by atoms with Crippen molar-refractivity contribution in [3.63, 3.8) is 0 Å². The van der Waals surface area contributed by atoms with E-state index in [0.717, 1.165) is 37.0 Å². The Bertz CT molecular complexity index is 323. The van der Waals surface area contributed by atoms with E-state index in [0.29, 0.717) is 25.3 Å². The standard InChI is InChI=1S/C16H30N2O3/c1-3-16(4-2,14-10-6-5-7-11-14)21-15(20)18(17)12-8-9-13-19/h13-14H,3-12,17H2,1-2H3. The quantitative estimate of drug-likeness (QED) is 0.245. The highest BCUT2D eigenvalue weighted by Gasteiger charge is 2.40. The molecule has 1 rings (SSSR count). The summed E-state index contributed by atoms with van der Waals surface area (Å²) in [7, 11) is 0. The smallest absolute Gasteiger partial charge is 0.424 e. The first kappa shape index (κ1) is 18.0. The molecule has 0 saturated heterocycles. The highest BCUT2D eigenvalue weighted by atomic mass is 16.6. The van der Waals surface area contributed by atoms with Crippen LogP contribution in [0.4, 0.5) is 4.79 Å². The van der Waals surface area contributed by atoms with Gasteiger partial charge in [0.25, 0.3) is 0 Å². The van der Waals surface area contributed by atoms with Crippen molar-refractivity contribution in [3.8, 4) is 0 Å². The minimum Gasteiger partial charge on any atom is -0.442 e. The van der Waals surface area contributed by atoms with Crippen LogP contribution < -0.4 is 5.84 Å². The van der Waals surface area contributed by atoms with Crippen molar-refractivity contribution in [2.24, 2.45) is 11.8 Å². The molecule has 0 atom stereocenters. The summed E-state index contributed by atoms with van der Waals surface area (Å²) < 4.78 is 5.84. The number of carbonyl (C=O) groups excluding carboxylic acids is 2. The molecule has 1 saturated carbocycles. The van der Waals surface area contributed by atoms with Crippen molar-refractivity contribution >= 4 is 12.4 Å². The van der Waals surface area contributed by atoms with Gasteiger partial charge in [-0.3, -0.25) is 0 Å². The molecule has 5 heteroatoms. The summed E-state index contributed by atoms with van der Waals surface area (Å²) in [5.41, 5.74) is -0.389. The highest BCUT2D eigenvalue weighted by Crippen LogP contribution is 2.39. The number of nitrogens with two attached hydrogens (primary N) is 1. The lowest BCUT2D eigenvalue weighted by molar-refractivity contribution is -0.108. The maximum absolute atomic E-state index is 12.2. The number of unbranched alkanes of at least 4 members (excludes halogenated alkanes) is 1. The van der Waals surface area contributed by atoms with Crippen LogP contribution >= 0.6 is 0 Å². The van der Waals surface area contributed by atoms with Crippen molar-refractivity contribution in [2.45, 2.75) is 77.2 Å². The predicted molar refractivity (Wildman–Crippen MR) is 82.6 cm³/mol. The van der Waals surface area contributed by atoms with Crippen LogP contribution in [0.2, 0.25) is 0 Å². The summed E-state index contributed by atoms with van der Waals surface area (Å²) in [5.74, 6) is 6.19. The van der Waals surface area contributed by atoms with Gasteiger partial charge in [-0.25, -0.2) is 15.6 Å². The largest absolute Gasteiger partial charge is 0.442 e. The van der Waals surface area contributed by atoms with Gasteiger partial charge in [0, 0.05) is 13.0 Å². The summed E-state index contributed by atoms with van der Waals surface area (Å²) in [6.07, 6.45) is 8.98. The lowest BCUT2D eigenvalue weighted by atomic mass is 9.74. The Morgan fingerprint density at radius 3 is 2.43 bits per heavy atom. The molecule has 5 nitrogen and oxygen atoms in total. The summed E-state index contributed by atoms with van der Waals surface area (Å²) >= 11 is 0. The van der Waals surface area contributed by atoms with Crippen LogP contribution in [0, 0.1) is 5.92 Å². The molecule has 0 unspecified atom stereocenters. The lowest BCUT2D eigenvalue weighted by Crippen LogP contribution is -2.48. The minimum absolute atomic E-state index is 0.353. The first-order valence-corrected chi connectivity index (χ1v) is 8.28. The maximum atomic E-state index is 12.2. The molecule has 0 aromatic carbocycles. The molecule has 2 N–H and O–H groups in total. The number of hydrogen-bond donors (Lipinski definition) is 1. The molecule has 0 aromatic heterocycles. The monoisotopic (exact) mass is 298 g/mol. The van der Waals surface area contributed by atoms with Gasteiger partial charge in [0.1, 0.15) is 11.9 Å². The summed E-state index contributed by atoms with van der Waals surface area (Å²) in [5, 5.41) is 1.10. The molecule has 1 aliphatic rings. The van der Waals surface area contributed by atoms with Gasteiger partial charge in [-0.2, -0.15) is 0 Å². The molecule has 1 amide bonds. The highest BCUT2D eigenvalue weighted by molar-refractivity contribution is 5.67. The van der Waals surface area contributed by atoms with Gasteiger partial charge in [-0.05, 0) is 38.0 Å². The van der Waals surface area contributed by atoms with Crippen molar-refractivity contribution in [1.82, 2.24) is 5.01 Å². The number of hydrogen-bond acceptors (Lipinski definition) is 4. The molecular weight excluding hydrogens is 268 g/mol. The molecule has 0 aromatic rings. The summed E-state index contributed by atoms with van der Waals surface area (Å²) in [6.45, 7) is 4.52. The summed E-state index contributed by atoms with van der Waals surface area (Å²) in [6, 6.07) is 0. The molecule has 122 valence electrons. The molecule has 21 heavy (non-hydrogen) atoms. The Labute approximate surface area is 128 Å². The molecular formula is C16H30N2O3. The average molecular weight is 298 g/mol. The van der Waals surface area contributed by atoms with E-state index in [4.69, 9.17) is 10.6 Å². The third kappa shape index (κ3) is 4.99. The van der Waals surface area contributed by atoms with E-state index in [1.54, 1.807) is 0 Å². The number of ether oxygens (including phenoxy) is 1. The zero-order valence-electron chi connectivity index (χ0n) is 13.5. The third-order valence-corrected chi connectivity index (χ3v) is 4.79. The van der Waals surface area contributed by atoms with Crippen LogP contribution in [-0.2, 0) is 9.53 Å². The third-order valence-electron chi connectivity index (χ3n) is 4.79. The Morgan fingerprint density at radius 1 is 1.29 bits per heavy atom. The van der Waals surface area contributed by atoms with Gasteiger partial charge >= 0.3 is 6.09 Å². The van der Waals surface area contributed by atoms with E-state index in [-0.39, 0.29) is 5.60 Å².